The van der Waals surface area contributed by atoms with Gasteiger partial charge in [-0.25, -0.2) is 0 Å². The summed E-state index contributed by atoms with van der Waals surface area (Å²) in [6, 6.07) is 13.7. The molecule has 1 fully saturated rings. The summed E-state index contributed by atoms with van der Waals surface area (Å²) in [6.07, 6.45) is 0. The van der Waals surface area contributed by atoms with Crippen molar-refractivity contribution in [2.75, 3.05) is 38.2 Å². The monoisotopic (exact) mass is 381 g/mol. The van der Waals surface area contributed by atoms with Crippen LogP contribution < -0.4 is 15.0 Å². The van der Waals surface area contributed by atoms with Crippen molar-refractivity contribution in [2.45, 2.75) is 20.4 Å². The van der Waals surface area contributed by atoms with Crippen molar-refractivity contribution >= 4 is 17.5 Å². The van der Waals surface area contributed by atoms with E-state index in [0.29, 0.717) is 18.8 Å². The molecule has 0 atom stereocenters. The van der Waals surface area contributed by atoms with Crippen LogP contribution in [0.25, 0.3) is 0 Å². The molecule has 148 valence electrons. The minimum atomic E-state index is -0.578. The number of nitrogens with one attached hydrogen (secondary N) is 1. The lowest BCUT2D eigenvalue weighted by Gasteiger charge is -2.36. The van der Waals surface area contributed by atoms with Crippen molar-refractivity contribution in [3.63, 3.8) is 0 Å². The number of hydrogen-bond donors (Lipinski definition) is 1. The van der Waals surface area contributed by atoms with Crippen LogP contribution in [0.1, 0.15) is 16.7 Å². The summed E-state index contributed by atoms with van der Waals surface area (Å²) in [5.74, 6) is -0.362. The predicted octanol–water partition coefficient (Wildman–Crippen LogP) is 2.28. The van der Waals surface area contributed by atoms with Crippen LogP contribution in [0.5, 0.6) is 5.75 Å². The summed E-state index contributed by atoms with van der Waals surface area (Å²) in [5, 5.41) is 2.71. The van der Waals surface area contributed by atoms with Gasteiger partial charge in [-0.15, -0.1) is 0 Å². The Balaban J connectivity index is 1.54. The van der Waals surface area contributed by atoms with E-state index in [-0.39, 0.29) is 6.54 Å². The molecule has 1 N–H and O–H groups in total. The Labute approximate surface area is 166 Å². The number of para-hydroxylation sites is 1. The second-order valence-electron chi connectivity index (χ2n) is 6.99. The van der Waals surface area contributed by atoms with E-state index in [1.165, 1.54) is 16.8 Å². The van der Waals surface area contributed by atoms with Crippen molar-refractivity contribution in [1.29, 1.82) is 0 Å². The van der Waals surface area contributed by atoms with Gasteiger partial charge in [-0.2, -0.15) is 0 Å². The fraction of sp³-hybridized carbons (Fsp3) is 0.364. The average Bonchev–Trinajstić information content (AvgIpc) is 2.73. The third-order valence-electron chi connectivity index (χ3n) is 5.31. The van der Waals surface area contributed by atoms with E-state index >= 15 is 0 Å². The second kappa shape index (κ2) is 8.78. The van der Waals surface area contributed by atoms with E-state index in [1.807, 2.05) is 24.3 Å². The molecule has 0 aromatic heterocycles. The highest BCUT2D eigenvalue weighted by atomic mass is 16.5. The van der Waals surface area contributed by atoms with Crippen molar-refractivity contribution in [3.05, 3.63) is 59.2 Å². The summed E-state index contributed by atoms with van der Waals surface area (Å²) < 4.78 is 5.27. The van der Waals surface area contributed by atoms with Crippen LogP contribution in [0.4, 0.5) is 5.69 Å². The first kappa shape index (κ1) is 19.7. The number of carbonyl (C=O) groups excluding carboxylic acids is 2. The van der Waals surface area contributed by atoms with Crippen LogP contribution in [0.3, 0.4) is 0 Å². The highest BCUT2D eigenvalue weighted by Gasteiger charge is 2.26. The van der Waals surface area contributed by atoms with Gasteiger partial charge in [0.25, 0.3) is 0 Å². The first-order chi connectivity index (χ1) is 13.5. The van der Waals surface area contributed by atoms with E-state index in [2.05, 4.69) is 42.3 Å². The highest BCUT2D eigenvalue weighted by Crippen LogP contribution is 2.24. The number of piperazine rings is 1. The summed E-state index contributed by atoms with van der Waals surface area (Å²) in [5.41, 5.74) is 4.56. The molecule has 1 aliphatic rings. The lowest BCUT2D eigenvalue weighted by Crippen LogP contribution is -2.52. The van der Waals surface area contributed by atoms with Crippen molar-refractivity contribution in [1.82, 2.24) is 10.2 Å². The third kappa shape index (κ3) is 4.27. The van der Waals surface area contributed by atoms with E-state index in [4.69, 9.17) is 4.74 Å². The van der Waals surface area contributed by atoms with Gasteiger partial charge in [0.15, 0.2) is 0 Å². The number of hydrogen-bond acceptors (Lipinski definition) is 4. The van der Waals surface area contributed by atoms with Gasteiger partial charge in [-0.05, 0) is 37.1 Å². The molecule has 28 heavy (non-hydrogen) atoms. The minimum Gasteiger partial charge on any atom is -0.496 e. The maximum absolute atomic E-state index is 12.5. The Hall–Kier alpha value is -3.02. The molecular weight excluding hydrogens is 354 g/mol. The van der Waals surface area contributed by atoms with Crippen LogP contribution in [0, 0.1) is 13.8 Å². The number of carbonyl (C=O) groups is 2. The summed E-state index contributed by atoms with van der Waals surface area (Å²) >= 11 is 0. The first-order valence-corrected chi connectivity index (χ1v) is 9.51. The van der Waals surface area contributed by atoms with Crippen LogP contribution in [0.15, 0.2) is 42.5 Å². The van der Waals surface area contributed by atoms with Crippen LogP contribution >= 0.6 is 0 Å². The summed E-state index contributed by atoms with van der Waals surface area (Å²) in [4.78, 5) is 28.7. The fourth-order valence-electron chi connectivity index (χ4n) is 3.47. The summed E-state index contributed by atoms with van der Waals surface area (Å²) in [6.45, 7) is 6.99. The average molecular weight is 381 g/mol. The number of amides is 2. The molecule has 6 nitrogen and oxygen atoms in total. The number of methoxy groups -OCH3 is 1. The van der Waals surface area contributed by atoms with Gasteiger partial charge in [0.05, 0.1) is 7.11 Å². The van der Waals surface area contributed by atoms with Crippen LogP contribution in [-0.4, -0.2) is 50.0 Å². The molecule has 1 aliphatic heterocycles. The van der Waals surface area contributed by atoms with Gasteiger partial charge in [0.2, 0.25) is 0 Å². The van der Waals surface area contributed by atoms with Gasteiger partial charge in [0.1, 0.15) is 5.75 Å². The highest BCUT2D eigenvalue weighted by molar-refractivity contribution is 6.35. The number of benzene rings is 2. The number of rotatable bonds is 4. The van der Waals surface area contributed by atoms with Gasteiger partial charge in [-0.3, -0.25) is 9.59 Å². The molecular formula is C22H27N3O3. The standard InChI is InChI=1S/C22H27N3O3/c1-16-7-6-9-19(17(16)2)24-11-13-25(14-12-24)22(27)21(26)23-15-18-8-4-5-10-20(18)28-3/h4-10H,11-15H2,1-3H3,(H,23,26). The molecule has 0 aliphatic carbocycles. The normalized spacial score (nSPS) is 14.0. The zero-order valence-electron chi connectivity index (χ0n) is 16.7. The molecule has 0 saturated carbocycles. The Morgan fingerprint density at radius 3 is 2.43 bits per heavy atom. The van der Waals surface area contributed by atoms with Gasteiger partial charge in [0, 0.05) is 44.0 Å². The lowest BCUT2D eigenvalue weighted by molar-refractivity contribution is -0.146. The first-order valence-electron chi connectivity index (χ1n) is 9.51. The lowest BCUT2D eigenvalue weighted by atomic mass is 10.1. The maximum atomic E-state index is 12.5. The van der Waals surface area contributed by atoms with Crippen LogP contribution in [0.2, 0.25) is 0 Å². The van der Waals surface area contributed by atoms with Crippen molar-refractivity contribution < 1.29 is 14.3 Å². The minimum absolute atomic E-state index is 0.261. The second-order valence-corrected chi connectivity index (χ2v) is 6.99. The number of anilines is 1. The fourth-order valence-corrected chi connectivity index (χ4v) is 3.47. The predicted molar refractivity (Wildman–Crippen MR) is 110 cm³/mol. The van der Waals surface area contributed by atoms with Gasteiger partial charge in [-0.1, -0.05) is 30.3 Å². The van der Waals surface area contributed by atoms with Crippen LogP contribution in [-0.2, 0) is 16.1 Å². The maximum Gasteiger partial charge on any atom is 0.312 e. The number of ether oxygens (including phenoxy) is 1. The van der Waals surface area contributed by atoms with Gasteiger partial charge >= 0.3 is 11.8 Å². The molecule has 0 unspecified atom stereocenters. The Kier molecular flexibility index (Phi) is 6.19. The molecule has 2 aromatic rings. The van der Waals surface area contributed by atoms with E-state index in [1.54, 1.807) is 12.0 Å². The SMILES string of the molecule is COc1ccccc1CNC(=O)C(=O)N1CCN(c2cccc(C)c2C)CC1. The van der Waals surface area contributed by atoms with Gasteiger partial charge < -0.3 is 19.9 Å². The zero-order valence-corrected chi connectivity index (χ0v) is 16.7. The van der Waals surface area contributed by atoms with Crippen molar-refractivity contribution in [2.24, 2.45) is 0 Å². The molecule has 0 spiro atoms. The smallest absolute Gasteiger partial charge is 0.312 e. The van der Waals surface area contributed by atoms with E-state index < -0.39 is 11.8 Å². The molecule has 6 heteroatoms. The van der Waals surface area contributed by atoms with E-state index in [0.717, 1.165) is 18.7 Å². The number of nitrogens with zero attached hydrogens (tertiary/aromatic N) is 2. The van der Waals surface area contributed by atoms with E-state index in [9.17, 15) is 9.59 Å². The summed E-state index contributed by atoms with van der Waals surface area (Å²) in [7, 11) is 1.58. The molecule has 0 radical (unpaired) electrons. The third-order valence-corrected chi connectivity index (χ3v) is 5.31. The Morgan fingerprint density at radius 1 is 1.00 bits per heavy atom. The molecule has 2 aromatic carbocycles. The zero-order chi connectivity index (χ0) is 20.1. The molecule has 0 bridgehead atoms. The quantitative estimate of drug-likeness (QED) is 0.826. The topological polar surface area (TPSA) is 61.9 Å². The Morgan fingerprint density at radius 2 is 1.71 bits per heavy atom. The molecule has 1 saturated heterocycles. The van der Waals surface area contributed by atoms with Crippen molar-refractivity contribution in [3.8, 4) is 5.75 Å². The molecule has 3 rings (SSSR count). The Bertz CT molecular complexity index is 858. The number of aryl methyl sites for hydroxylation is 1. The largest absolute Gasteiger partial charge is 0.496 e. The molecule has 2 amide bonds. The molecule has 1 heterocycles.